The summed E-state index contributed by atoms with van der Waals surface area (Å²) in [6, 6.07) is 3.19. The van der Waals surface area contributed by atoms with Gasteiger partial charge >= 0.3 is 0 Å². The lowest BCUT2D eigenvalue weighted by Gasteiger charge is -2.30. The summed E-state index contributed by atoms with van der Waals surface area (Å²) in [4.78, 5) is 18.6. The third kappa shape index (κ3) is 4.07. The van der Waals surface area contributed by atoms with Gasteiger partial charge in [0.05, 0.1) is 21.8 Å². The van der Waals surface area contributed by atoms with Gasteiger partial charge in [-0.05, 0) is 53.7 Å². The van der Waals surface area contributed by atoms with E-state index in [-0.39, 0.29) is 23.9 Å². The largest absolute Gasteiger partial charge is 0.381 e. The van der Waals surface area contributed by atoms with Crippen molar-refractivity contribution in [2.75, 3.05) is 12.0 Å². The van der Waals surface area contributed by atoms with Crippen molar-refractivity contribution in [3.8, 4) is 0 Å². The quantitative estimate of drug-likeness (QED) is 0.662. The summed E-state index contributed by atoms with van der Waals surface area (Å²) < 4.78 is 19.7. The summed E-state index contributed by atoms with van der Waals surface area (Å²) in [5.41, 5.74) is 2.26. The minimum atomic E-state index is -0.362. The number of nitrogens with zero attached hydrogens (tertiary/aromatic N) is 2. The van der Waals surface area contributed by atoms with Crippen LogP contribution in [0.3, 0.4) is 0 Å². The van der Waals surface area contributed by atoms with Gasteiger partial charge < -0.3 is 9.64 Å². The van der Waals surface area contributed by atoms with Crippen LogP contribution < -0.4 is 4.90 Å². The van der Waals surface area contributed by atoms with Crippen LogP contribution in [0, 0.1) is 12.7 Å². The molecule has 1 aromatic heterocycles. The monoisotopic (exact) mass is 424 g/mol. The Labute approximate surface area is 162 Å². The first-order valence-electron chi connectivity index (χ1n) is 8.99. The topological polar surface area (TPSA) is 42.4 Å². The van der Waals surface area contributed by atoms with Crippen molar-refractivity contribution in [3.05, 3.63) is 34.2 Å². The molecule has 0 radical (unpaired) electrons. The maximum Gasteiger partial charge on any atom is 0.224 e. The van der Waals surface area contributed by atoms with Crippen molar-refractivity contribution in [1.82, 2.24) is 4.98 Å². The van der Waals surface area contributed by atoms with Crippen LogP contribution in [-0.4, -0.2) is 30.1 Å². The van der Waals surface area contributed by atoms with E-state index >= 15 is 0 Å². The highest BCUT2D eigenvalue weighted by atomic mass is 79.9. The predicted molar refractivity (Wildman–Crippen MR) is 107 cm³/mol. The normalized spacial score (nSPS) is 19.2. The van der Waals surface area contributed by atoms with Crippen molar-refractivity contribution in [3.63, 3.8) is 0 Å². The second-order valence-corrected chi connectivity index (χ2v) is 7.14. The van der Waals surface area contributed by atoms with Crippen molar-refractivity contribution in [2.45, 2.75) is 59.1 Å². The van der Waals surface area contributed by atoms with Crippen LogP contribution in [0.2, 0.25) is 0 Å². The van der Waals surface area contributed by atoms with E-state index in [4.69, 9.17) is 4.74 Å². The number of halogens is 2. The van der Waals surface area contributed by atoms with E-state index in [1.165, 1.54) is 6.07 Å². The zero-order chi connectivity index (χ0) is 19.4. The van der Waals surface area contributed by atoms with Gasteiger partial charge in [-0.25, -0.2) is 4.39 Å². The molecule has 3 rings (SSSR count). The SMILES string of the molecule is CC.COC1CCC(N(C(C)=O)c2c(C)cnc3cc(F)c(Br)cc23)C1. The van der Waals surface area contributed by atoms with Crippen molar-refractivity contribution < 1.29 is 13.9 Å². The molecule has 1 fully saturated rings. The van der Waals surface area contributed by atoms with E-state index in [0.29, 0.717) is 9.99 Å². The molecule has 26 heavy (non-hydrogen) atoms. The van der Waals surface area contributed by atoms with E-state index in [9.17, 15) is 9.18 Å². The molecular formula is C20H26BrFN2O2. The van der Waals surface area contributed by atoms with Gasteiger partial charge in [-0.3, -0.25) is 9.78 Å². The van der Waals surface area contributed by atoms with E-state index in [2.05, 4.69) is 20.9 Å². The number of benzene rings is 1. The Morgan fingerprint density at radius 2 is 2.04 bits per heavy atom. The molecule has 6 heteroatoms. The number of anilines is 1. The molecule has 0 N–H and O–H groups in total. The lowest BCUT2D eigenvalue weighted by atomic mass is 10.1. The molecule has 1 aromatic carbocycles. The number of ether oxygens (including phenoxy) is 1. The molecular weight excluding hydrogens is 399 g/mol. The van der Waals surface area contributed by atoms with Crippen LogP contribution in [0.1, 0.15) is 45.6 Å². The van der Waals surface area contributed by atoms with Crippen LogP contribution in [0.25, 0.3) is 10.9 Å². The van der Waals surface area contributed by atoms with Gasteiger partial charge in [-0.2, -0.15) is 0 Å². The Balaban J connectivity index is 0.00000117. The molecule has 4 nitrogen and oxygen atoms in total. The van der Waals surface area contributed by atoms with Crippen molar-refractivity contribution >= 4 is 38.4 Å². The minimum absolute atomic E-state index is 0.0206. The summed E-state index contributed by atoms with van der Waals surface area (Å²) in [5.74, 6) is -0.382. The lowest BCUT2D eigenvalue weighted by molar-refractivity contribution is -0.117. The number of aryl methyl sites for hydroxylation is 1. The van der Waals surface area contributed by atoms with Crippen LogP contribution in [-0.2, 0) is 9.53 Å². The van der Waals surface area contributed by atoms with Crippen LogP contribution >= 0.6 is 15.9 Å². The van der Waals surface area contributed by atoms with Gasteiger partial charge in [0.25, 0.3) is 0 Å². The number of hydrogen-bond donors (Lipinski definition) is 0. The van der Waals surface area contributed by atoms with E-state index in [1.807, 2.05) is 25.7 Å². The molecule has 2 unspecified atom stereocenters. The highest BCUT2D eigenvalue weighted by molar-refractivity contribution is 9.10. The first-order chi connectivity index (χ1) is 12.4. The molecule has 2 atom stereocenters. The number of amides is 1. The molecule has 0 spiro atoms. The Kier molecular flexibility index (Phi) is 7.12. The van der Waals surface area contributed by atoms with Gasteiger partial charge in [-0.15, -0.1) is 0 Å². The highest BCUT2D eigenvalue weighted by Crippen LogP contribution is 2.37. The highest BCUT2D eigenvalue weighted by Gasteiger charge is 2.33. The Hall–Kier alpha value is -1.53. The van der Waals surface area contributed by atoms with Crippen LogP contribution in [0.15, 0.2) is 22.8 Å². The first kappa shape index (κ1) is 20.8. The van der Waals surface area contributed by atoms with Gasteiger partial charge in [0.2, 0.25) is 5.91 Å². The standard InChI is InChI=1S/C18H20BrFN2O2.C2H6/c1-10-9-21-17-8-16(20)15(19)7-14(17)18(10)22(11(2)23)12-4-5-13(6-12)24-3;1-2/h7-9,12-13H,4-6H2,1-3H3;1-2H3. The first-order valence-corrected chi connectivity index (χ1v) is 9.78. The molecule has 2 aromatic rings. The fourth-order valence-electron chi connectivity index (χ4n) is 3.56. The average Bonchev–Trinajstić information content (AvgIpc) is 3.09. The molecule has 142 valence electrons. The molecule has 0 aliphatic heterocycles. The molecule has 1 aliphatic rings. The lowest BCUT2D eigenvalue weighted by Crippen LogP contribution is -2.38. The molecule has 0 bridgehead atoms. The fourth-order valence-corrected chi connectivity index (χ4v) is 3.90. The summed E-state index contributed by atoms with van der Waals surface area (Å²) >= 11 is 3.24. The second kappa shape index (κ2) is 8.91. The van der Waals surface area contributed by atoms with Crippen molar-refractivity contribution in [1.29, 1.82) is 0 Å². The van der Waals surface area contributed by atoms with E-state index in [0.717, 1.165) is 35.9 Å². The molecule has 1 saturated carbocycles. The Morgan fingerprint density at radius 1 is 1.35 bits per heavy atom. The van der Waals surface area contributed by atoms with Crippen LogP contribution in [0.4, 0.5) is 10.1 Å². The minimum Gasteiger partial charge on any atom is -0.381 e. The number of carbonyl (C=O) groups excluding carboxylic acids is 1. The van der Waals surface area contributed by atoms with Gasteiger partial charge in [0, 0.05) is 37.7 Å². The Morgan fingerprint density at radius 3 is 2.62 bits per heavy atom. The third-order valence-electron chi connectivity index (χ3n) is 4.70. The number of hydrogen-bond acceptors (Lipinski definition) is 3. The maximum atomic E-state index is 13.9. The van der Waals surface area contributed by atoms with Crippen LogP contribution in [0.5, 0.6) is 0 Å². The Bertz CT molecular complexity index is 797. The second-order valence-electron chi connectivity index (χ2n) is 6.29. The van der Waals surface area contributed by atoms with E-state index in [1.54, 1.807) is 26.3 Å². The number of aromatic nitrogens is 1. The maximum absolute atomic E-state index is 13.9. The molecule has 1 aliphatic carbocycles. The summed E-state index contributed by atoms with van der Waals surface area (Å²) in [6.45, 7) is 7.50. The predicted octanol–water partition coefficient (Wildman–Crippen LogP) is 5.39. The fraction of sp³-hybridized carbons (Fsp3) is 0.500. The zero-order valence-electron chi connectivity index (χ0n) is 16.0. The molecule has 1 amide bonds. The third-order valence-corrected chi connectivity index (χ3v) is 5.31. The molecule has 1 heterocycles. The average molecular weight is 425 g/mol. The zero-order valence-corrected chi connectivity index (χ0v) is 17.6. The van der Waals surface area contributed by atoms with Gasteiger partial charge in [-0.1, -0.05) is 13.8 Å². The number of fused-ring (bicyclic) bond motifs is 1. The number of pyridine rings is 1. The van der Waals surface area contributed by atoms with Crippen molar-refractivity contribution in [2.24, 2.45) is 0 Å². The van der Waals surface area contributed by atoms with E-state index < -0.39 is 0 Å². The van der Waals surface area contributed by atoms with Gasteiger partial charge in [0.15, 0.2) is 0 Å². The molecule has 0 saturated heterocycles. The number of rotatable bonds is 3. The summed E-state index contributed by atoms with van der Waals surface area (Å²) in [7, 11) is 1.71. The summed E-state index contributed by atoms with van der Waals surface area (Å²) in [6.07, 6.45) is 4.51. The number of carbonyl (C=O) groups is 1. The smallest absolute Gasteiger partial charge is 0.224 e. The summed E-state index contributed by atoms with van der Waals surface area (Å²) in [5, 5.41) is 0.777. The number of methoxy groups -OCH3 is 1. The van der Waals surface area contributed by atoms with Gasteiger partial charge in [0.1, 0.15) is 5.82 Å².